The molecule has 98 valence electrons. The number of alkyl halides is 1. The summed E-state index contributed by atoms with van der Waals surface area (Å²) in [5.41, 5.74) is 2.27. The van der Waals surface area contributed by atoms with Crippen LogP contribution in [0.2, 0.25) is 0 Å². The number of nitrogens with zero attached hydrogens (tertiary/aromatic N) is 2. The quantitative estimate of drug-likeness (QED) is 0.820. The van der Waals surface area contributed by atoms with E-state index in [1.165, 1.54) is 10.9 Å². The summed E-state index contributed by atoms with van der Waals surface area (Å²) < 4.78 is 12.7. The number of para-hydroxylation sites is 1. The highest BCUT2D eigenvalue weighted by Gasteiger charge is 2.55. The molecule has 3 heteroatoms. The zero-order valence-electron chi connectivity index (χ0n) is 11.0. The van der Waals surface area contributed by atoms with Crippen LogP contribution in [0, 0.1) is 24.7 Å². The fourth-order valence-electron chi connectivity index (χ4n) is 3.58. The fraction of sp³-hybridized carbons (Fsp3) is 0.438. The van der Waals surface area contributed by atoms with Gasteiger partial charge in [0, 0.05) is 18.5 Å². The summed E-state index contributed by atoms with van der Waals surface area (Å²) in [6.45, 7) is 3.93. The molecule has 0 spiro atoms. The lowest BCUT2D eigenvalue weighted by Gasteiger charge is -2.22. The van der Waals surface area contributed by atoms with Gasteiger partial charge in [-0.1, -0.05) is 18.2 Å². The van der Waals surface area contributed by atoms with Crippen molar-refractivity contribution in [2.45, 2.75) is 6.92 Å². The Labute approximate surface area is 112 Å². The van der Waals surface area contributed by atoms with Crippen molar-refractivity contribution in [3.05, 3.63) is 35.9 Å². The molecule has 1 saturated carbocycles. The monoisotopic (exact) mass is 256 g/mol. The second kappa shape index (κ2) is 3.92. The summed E-state index contributed by atoms with van der Waals surface area (Å²) in [7, 11) is 0. The molecule has 2 aliphatic rings. The van der Waals surface area contributed by atoms with Gasteiger partial charge in [-0.25, -0.2) is 4.98 Å². The molecule has 0 amide bonds. The fourth-order valence-corrected chi connectivity index (χ4v) is 3.58. The first-order valence-electron chi connectivity index (χ1n) is 6.95. The normalized spacial score (nSPS) is 28.7. The number of fused-ring (bicyclic) bond motifs is 2. The molecule has 1 unspecified atom stereocenters. The van der Waals surface area contributed by atoms with Crippen molar-refractivity contribution in [3.63, 3.8) is 0 Å². The molecule has 0 radical (unpaired) electrons. The predicted octanol–water partition coefficient (Wildman–Crippen LogP) is 3.19. The van der Waals surface area contributed by atoms with Gasteiger partial charge in [-0.3, -0.25) is 4.39 Å². The SMILES string of the molecule is Cc1cc2ccccc2nc1N1C[C@@H]2C(CF)[C@@H]2C1. The molecular weight excluding hydrogens is 239 g/mol. The first kappa shape index (κ1) is 11.2. The van der Waals surface area contributed by atoms with Crippen molar-refractivity contribution in [1.82, 2.24) is 4.98 Å². The van der Waals surface area contributed by atoms with Crippen molar-refractivity contribution in [1.29, 1.82) is 0 Å². The van der Waals surface area contributed by atoms with E-state index in [-0.39, 0.29) is 6.67 Å². The van der Waals surface area contributed by atoms with E-state index >= 15 is 0 Å². The summed E-state index contributed by atoms with van der Waals surface area (Å²) in [5, 5.41) is 1.19. The second-order valence-electron chi connectivity index (χ2n) is 5.87. The Hall–Kier alpha value is -1.64. The van der Waals surface area contributed by atoms with Gasteiger partial charge in [0.2, 0.25) is 0 Å². The molecule has 1 aliphatic heterocycles. The van der Waals surface area contributed by atoms with E-state index in [9.17, 15) is 4.39 Å². The lowest BCUT2D eigenvalue weighted by atomic mass is 10.1. The van der Waals surface area contributed by atoms with Crippen LogP contribution >= 0.6 is 0 Å². The largest absolute Gasteiger partial charge is 0.356 e. The first-order valence-corrected chi connectivity index (χ1v) is 6.95. The van der Waals surface area contributed by atoms with E-state index < -0.39 is 0 Å². The van der Waals surface area contributed by atoms with Crippen LogP contribution in [0.15, 0.2) is 30.3 Å². The van der Waals surface area contributed by atoms with E-state index in [4.69, 9.17) is 4.98 Å². The maximum atomic E-state index is 12.7. The maximum absolute atomic E-state index is 12.7. The summed E-state index contributed by atoms with van der Waals surface area (Å²) in [6, 6.07) is 10.4. The number of aryl methyl sites for hydroxylation is 1. The molecule has 1 aliphatic carbocycles. The molecule has 0 bridgehead atoms. The minimum atomic E-state index is -0.146. The highest BCUT2D eigenvalue weighted by atomic mass is 19.1. The van der Waals surface area contributed by atoms with Crippen LogP contribution in [0.5, 0.6) is 0 Å². The number of hydrogen-bond donors (Lipinski definition) is 0. The molecule has 2 fully saturated rings. The zero-order valence-corrected chi connectivity index (χ0v) is 11.0. The van der Waals surface area contributed by atoms with Gasteiger partial charge >= 0.3 is 0 Å². The van der Waals surface area contributed by atoms with Crippen molar-refractivity contribution in [2.75, 3.05) is 24.7 Å². The number of pyridine rings is 1. The van der Waals surface area contributed by atoms with Crippen molar-refractivity contribution in [3.8, 4) is 0 Å². The summed E-state index contributed by atoms with van der Waals surface area (Å²) in [6.07, 6.45) is 0. The van der Waals surface area contributed by atoms with Crippen LogP contribution in [-0.2, 0) is 0 Å². The van der Waals surface area contributed by atoms with Gasteiger partial charge in [-0.15, -0.1) is 0 Å². The molecule has 2 heterocycles. The molecule has 2 aromatic rings. The van der Waals surface area contributed by atoms with Crippen LogP contribution < -0.4 is 4.90 Å². The Bertz CT molecular complexity index is 628. The third kappa shape index (κ3) is 1.64. The predicted molar refractivity (Wildman–Crippen MR) is 75.1 cm³/mol. The van der Waals surface area contributed by atoms with Gasteiger partial charge in [0.05, 0.1) is 12.2 Å². The van der Waals surface area contributed by atoms with E-state index in [2.05, 4.69) is 30.0 Å². The van der Waals surface area contributed by atoms with Crippen molar-refractivity contribution >= 4 is 16.7 Å². The molecule has 1 aromatic heterocycles. The molecule has 4 rings (SSSR count). The number of anilines is 1. The lowest BCUT2D eigenvalue weighted by Crippen LogP contribution is -2.26. The highest BCUT2D eigenvalue weighted by Crippen LogP contribution is 2.52. The van der Waals surface area contributed by atoms with Gasteiger partial charge in [0.1, 0.15) is 5.82 Å². The summed E-state index contributed by atoms with van der Waals surface area (Å²) >= 11 is 0. The van der Waals surface area contributed by atoms with Gasteiger partial charge in [-0.2, -0.15) is 0 Å². The number of halogens is 1. The first-order chi connectivity index (χ1) is 9.28. The van der Waals surface area contributed by atoms with Gasteiger partial charge < -0.3 is 4.90 Å². The molecular formula is C16H17FN2. The average Bonchev–Trinajstić information content (AvgIpc) is 2.90. The van der Waals surface area contributed by atoms with Crippen LogP contribution in [0.25, 0.3) is 10.9 Å². The number of hydrogen-bond acceptors (Lipinski definition) is 2. The van der Waals surface area contributed by atoms with Gasteiger partial charge in [0.15, 0.2) is 0 Å². The minimum Gasteiger partial charge on any atom is -0.356 e. The number of rotatable bonds is 2. The molecule has 1 aromatic carbocycles. The highest BCUT2D eigenvalue weighted by molar-refractivity contribution is 5.81. The van der Waals surface area contributed by atoms with Crippen LogP contribution in [0.4, 0.5) is 10.2 Å². The maximum Gasteiger partial charge on any atom is 0.132 e. The Morgan fingerprint density at radius 1 is 1.26 bits per heavy atom. The Kier molecular flexibility index (Phi) is 2.32. The van der Waals surface area contributed by atoms with Crippen LogP contribution in [-0.4, -0.2) is 24.7 Å². The summed E-state index contributed by atoms with van der Waals surface area (Å²) in [5.74, 6) is 2.55. The van der Waals surface area contributed by atoms with Gasteiger partial charge in [0.25, 0.3) is 0 Å². The molecule has 19 heavy (non-hydrogen) atoms. The number of benzene rings is 1. The Morgan fingerprint density at radius 2 is 2.00 bits per heavy atom. The van der Waals surface area contributed by atoms with Crippen LogP contribution in [0.1, 0.15) is 5.56 Å². The average molecular weight is 256 g/mol. The summed E-state index contributed by atoms with van der Waals surface area (Å²) in [4.78, 5) is 7.13. The zero-order chi connectivity index (χ0) is 13.0. The van der Waals surface area contributed by atoms with E-state index in [1.807, 2.05) is 12.1 Å². The topological polar surface area (TPSA) is 16.1 Å². The van der Waals surface area contributed by atoms with Crippen LogP contribution in [0.3, 0.4) is 0 Å². The van der Waals surface area contributed by atoms with Crippen molar-refractivity contribution < 1.29 is 4.39 Å². The van der Waals surface area contributed by atoms with E-state index in [0.717, 1.165) is 24.4 Å². The second-order valence-corrected chi connectivity index (χ2v) is 5.87. The Morgan fingerprint density at radius 3 is 2.74 bits per heavy atom. The smallest absolute Gasteiger partial charge is 0.132 e. The minimum absolute atomic E-state index is 0.146. The third-order valence-corrected chi connectivity index (χ3v) is 4.74. The number of piperidine rings is 1. The van der Waals surface area contributed by atoms with Gasteiger partial charge in [-0.05, 0) is 42.4 Å². The van der Waals surface area contributed by atoms with E-state index in [1.54, 1.807) is 0 Å². The van der Waals surface area contributed by atoms with E-state index in [0.29, 0.717) is 17.8 Å². The molecule has 2 nitrogen and oxygen atoms in total. The number of aromatic nitrogens is 1. The standard InChI is InChI=1S/C16H17FN2/c1-10-6-11-4-2-3-5-15(11)18-16(10)19-8-13-12(7-17)14(13)9-19/h2-6,12-14H,7-9H2,1H3/t12?,13-,14+. The Balaban J connectivity index is 1.67. The van der Waals surface area contributed by atoms with Crippen molar-refractivity contribution in [2.24, 2.45) is 17.8 Å². The molecule has 1 saturated heterocycles. The molecule has 0 N–H and O–H groups in total. The third-order valence-electron chi connectivity index (χ3n) is 4.74. The molecule has 3 atom stereocenters. The lowest BCUT2D eigenvalue weighted by molar-refractivity contribution is 0.420.